The van der Waals surface area contributed by atoms with Crippen LogP contribution in [-0.4, -0.2) is 18.0 Å². The number of hydrogen-bond donors (Lipinski definition) is 1. The molecule has 0 spiro atoms. The van der Waals surface area contributed by atoms with Crippen LogP contribution in [-0.2, 0) is 25.9 Å². The standard InChI is InChI=1S/C16H18N2S/c1-2-15-13(3-6-17-15)9-12(1)10-18-7-4-16-14(11-18)5-8-19-16/h1-2,5,8-9,17H,3-4,6-7,10-11H2. The first-order chi connectivity index (χ1) is 9.38. The van der Waals surface area contributed by atoms with Crippen molar-refractivity contribution >= 4 is 17.0 Å². The van der Waals surface area contributed by atoms with Crippen molar-refractivity contribution in [3.63, 3.8) is 0 Å². The van der Waals surface area contributed by atoms with Gasteiger partial charge in [0.05, 0.1) is 0 Å². The molecule has 3 heteroatoms. The third-order valence-corrected chi connectivity index (χ3v) is 5.20. The van der Waals surface area contributed by atoms with Gasteiger partial charge in [-0.15, -0.1) is 11.3 Å². The zero-order valence-corrected chi connectivity index (χ0v) is 11.8. The molecule has 0 radical (unpaired) electrons. The van der Waals surface area contributed by atoms with E-state index in [0.29, 0.717) is 0 Å². The molecule has 0 aliphatic carbocycles. The average molecular weight is 270 g/mol. The second-order valence-corrected chi connectivity index (χ2v) is 6.50. The molecule has 0 fully saturated rings. The van der Waals surface area contributed by atoms with Gasteiger partial charge in [0.2, 0.25) is 0 Å². The number of thiophene rings is 1. The van der Waals surface area contributed by atoms with Crippen LogP contribution in [0, 0.1) is 0 Å². The predicted molar refractivity (Wildman–Crippen MR) is 80.8 cm³/mol. The van der Waals surface area contributed by atoms with Crippen LogP contribution in [0.25, 0.3) is 0 Å². The molecule has 2 aliphatic heterocycles. The van der Waals surface area contributed by atoms with Crippen LogP contribution in [0.3, 0.4) is 0 Å². The maximum atomic E-state index is 3.43. The van der Waals surface area contributed by atoms with Crippen LogP contribution < -0.4 is 5.32 Å². The van der Waals surface area contributed by atoms with Crippen molar-refractivity contribution in [3.05, 3.63) is 51.2 Å². The van der Waals surface area contributed by atoms with E-state index >= 15 is 0 Å². The highest BCUT2D eigenvalue weighted by atomic mass is 32.1. The number of nitrogens with zero attached hydrogens (tertiary/aromatic N) is 1. The largest absolute Gasteiger partial charge is 0.384 e. The molecule has 1 aromatic carbocycles. The summed E-state index contributed by atoms with van der Waals surface area (Å²) in [7, 11) is 0. The Hall–Kier alpha value is -1.32. The van der Waals surface area contributed by atoms with E-state index in [4.69, 9.17) is 0 Å². The minimum Gasteiger partial charge on any atom is -0.384 e. The van der Waals surface area contributed by atoms with Crippen LogP contribution in [0.2, 0.25) is 0 Å². The van der Waals surface area contributed by atoms with Crippen LogP contribution in [0.4, 0.5) is 5.69 Å². The molecular weight excluding hydrogens is 252 g/mol. The third-order valence-electron chi connectivity index (χ3n) is 4.17. The summed E-state index contributed by atoms with van der Waals surface area (Å²) in [5.74, 6) is 0. The molecule has 0 amide bonds. The molecule has 0 atom stereocenters. The minimum absolute atomic E-state index is 1.09. The lowest BCUT2D eigenvalue weighted by Gasteiger charge is -2.27. The van der Waals surface area contributed by atoms with E-state index in [0.717, 1.165) is 19.6 Å². The first kappa shape index (κ1) is 11.5. The summed E-state index contributed by atoms with van der Waals surface area (Å²) < 4.78 is 0. The van der Waals surface area contributed by atoms with Gasteiger partial charge in [0, 0.05) is 36.7 Å². The van der Waals surface area contributed by atoms with Gasteiger partial charge in [0.15, 0.2) is 0 Å². The Morgan fingerprint density at radius 1 is 1.16 bits per heavy atom. The summed E-state index contributed by atoms with van der Waals surface area (Å²) in [5, 5.41) is 5.66. The molecule has 0 saturated heterocycles. The molecule has 2 aromatic rings. The van der Waals surface area contributed by atoms with Crippen molar-refractivity contribution in [2.45, 2.75) is 25.9 Å². The lowest BCUT2D eigenvalue weighted by atomic mass is 10.1. The lowest BCUT2D eigenvalue weighted by Crippen LogP contribution is -2.29. The van der Waals surface area contributed by atoms with E-state index in [-0.39, 0.29) is 0 Å². The van der Waals surface area contributed by atoms with E-state index in [1.54, 1.807) is 10.4 Å². The zero-order chi connectivity index (χ0) is 12.7. The van der Waals surface area contributed by atoms with E-state index in [9.17, 15) is 0 Å². The molecule has 2 aliphatic rings. The monoisotopic (exact) mass is 270 g/mol. The Balaban J connectivity index is 1.50. The Morgan fingerprint density at radius 2 is 2.16 bits per heavy atom. The van der Waals surface area contributed by atoms with Crippen LogP contribution >= 0.6 is 11.3 Å². The Kier molecular flexibility index (Phi) is 2.82. The summed E-state index contributed by atoms with van der Waals surface area (Å²) in [6, 6.07) is 9.20. The molecule has 1 N–H and O–H groups in total. The molecule has 2 nitrogen and oxygen atoms in total. The molecule has 0 bridgehead atoms. The highest BCUT2D eigenvalue weighted by Gasteiger charge is 2.18. The summed E-state index contributed by atoms with van der Waals surface area (Å²) >= 11 is 1.92. The SMILES string of the molecule is c1cc2c(s1)CCN(Cc1ccc3c(c1)CCN3)C2. The second-order valence-electron chi connectivity index (χ2n) is 5.50. The number of fused-ring (bicyclic) bond motifs is 2. The van der Waals surface area contributed by atoms with Gasteiger partial charge >= 0.3 is 0 Å². The second kappa shape index (κ2) is 4.66. The maximum Gasteiger partial charge on any atom is 0.0373 e. The normalized spacial score (nSPS) is 17.9. The average Bonchev–Trinajstić information content (AvgIpc) is 3.05. The minimum atomic E-state index is 1.09. The van der Waals surface area contributed by atoms with Gasteiger partial charge in [0.1, 0.15) is 0 Å². The number of rotatable bonds is 2. The molecule has 0 unspecified atom stereocenters. The Bertz CT molecular complexity index is 603. The molecule has 98 valence electrons. The van der Waals surface area contributed by atoms with Gasteiger partial charge in [-0.05, 0) is 47.0 Å². The molecule has 0 saturated carbocycles. The highest BCUT2D eigenvalue weighted by Crippen LogP contribution is 2.27. The molecule has 3 heterocycles. The maximum absolute atomic E-state index is 3.43. The third kappa shape index (κ3) is 2.17. The van der Waals surface area contributed by atoms with Crippen LogP contribution in [0.1, 0.15) is 21.6 Å². The van der Waals surface area contributed by atoms with Gasteiger partial charge < -0.3 is 5.32 Å². The lowest BCUT2D eigenvalue weighted by molar-refractivity contribution is 0.247. The van der Waals surface area contributed by atoms with E-state index < -0.39 is 0 Å². The fourth-order valence-corrected chi connectivity index (χ4v) is 4.05. The van der Waals surface area contributed by atoms with Gasteiger partial charge in [-0.25, -0.2) is 0 Å². The smallest absolute Gasteiger partial charge is 0.0373 e. The molecular formula is C16H18N2S. The summed E-state index contributed by atoms with van der Waals surface area (Å²) in [6.07, 6.45) is 2.40. The van der Waals surface area contributed by atoms with Crippen molar-refractivity contribution in [1.82, 2.24) is 4.90 Å². The predicted octanol–water partition coefficient (Wildman–Crippen LogP) is 3.27. The van der Waals surface area contributed by atoms with Crippen molar-refractivity contribution in [1.29, 1.82) is 0 Å². The quantitative estimate of drug-likeness (QED) is 0.901. The van der Waals surface area contributed by atoms with Crippen molar-refractivity contribution in [3.8, 4) is 0 Å². The number of hydrogen-bond acceptors (Lipinski definition) is 3. The first-order valence-electron chi connectivity index (χ1n) is 7.02. The van der Waals surface area contributed by atoms with Gasteiger partial charge in [-0.2, -0.15) is 0 Å². The first-order valence-corrected chi connectivity index (χ1v) is 7.90. The number of anilines is 1. The van der Waals surface area contributed by atoms with Crippen molar-refractivity contribution in [2.75, 3.05) is 18.4 Å². The summed E-state index contributed by atoms with van der Waals surface area (Å²) in [5.41, 5.74) is 5.83. The summed E-state index contributed by atoms with van der Waals surface area (Å²) in [4.78, 5) is 4.16. The molecule has 19 heavy (non-hydrogen) atoms. The van der Waals surface area contributed by atoms with Gasteiger partial charge in [-0.3, -0.25) is 4.90 Å². The number of benzene rings is 1. The number of nitrogens with one attached hydrogen (secondary N) is 1. The van der Waals surface area contributed by atoms with Gasteiger partial charge in [-0.1, -0.05) is 12.1 Å². The topological polar surface area (TPSA) is 15.3 Å². The highest BCUT2D eigenvalue weighted by molar-refractivity contribution is 7.10. The Morgan fingerprint density at radius 3 is 3.16 bits per heavy atom. The molecule has 1 aromatic heterocycles. The van der Waals surface area contributed by atoms with Crippen LogP contribution in [0.5, 0.6) is 0 Å². The Labute approximate surface area is 118 Å². The summed E-state index contributed by atoms with van der Waals surface area (Å²) in [6.45, 7) is 4.50. The van der Waals surface area contributed by atoms with E-state index in [2.05, 4.69) is 39.9 Å². The molecule has 4 rings (SSSR count). The van der Waals surface area contributed by atoms with Crippen LogP contribution in [0.15, 0.2) is 29.6 Å². The van der Waals surface area contributed by atoms with Crippen molar-refractivity contribution in [2.24, 2.45) is 0 Å². The fraction of sp³-hybridized carbons (Fsp3) is 0.375. The zero-order valence-electron chi connectivity index (χ0n) is 11.0. The van der Waals surface area contributed by atoms with Crippen molar-refractivity contribution < 1.29 is 0 Å². The fourth-order valence-electron chi connectivity index (χ4n) is 3.16. The van der Waals surface area contributed by atoms with E-state index in [1.807, 2.05) is 11.3 Å². The van der Waals surface area contributed by atoms with E-state index in [1.165, 1.54) is 36.2 Å². The van der Waals surface area contributed by atoms with Gasteiger partial charge in [0.25, 0.3) is 0 Å².